The van der Waals surface area contributed by atoms with E-state index in [9.17, 15) is 14.4 Å². The largest absolute Gasteiger partial charge is 0.496 e. The van der Waals surface area contributed by atoms with Gasteiger partial charge in [0, 0.05) is 6.42 Å². The molecule has 7 nitrogen and oxygen atoms in total. The fraction of sp³-hybridized carbons (Fsp3) is 0.250. The molecule has 0 spiro atoms. The van der Waals surface area contributed by atoms with Crippen LogP contribution >= 0.6 is 0 Å². The Morgan fingerprint density at radius 3 is 2.29 bits per heavy atom. The number of urea groups is 1. The molecule has 35 heavy (non-hydrogen) atoms. The van der Waals surface area contributed by atoms with E-state index in [-0.39, 0.29) is 19.0 Å². The molecular weight excluding hydrogens is 442 g/mol. The summed E-state index contributed by atoms with van der Waals surface area (Å²) in [5, 5.41) is 5.63. The van der Waals surface area contributed by atoms with Crippen LogP contribution in [0.15, 0.2) is 78.9 Å². The van der Waals surface area contributed by atoms with Crippen molar-refractivity contribution in [2.75, 3.05) is 13.7 Å². The van der Waals surface area contributed by atoms with Crippen LogP contribution in [0.1, 0.15) is 31.0 Å². The van der Waals surface area contributed by atoms with E-state index in [1.807, 2.05) is 79.7 Å². The maximum Gasteiger partial charge on any atom is 0.325 e. The molecule has 4 rings (SSSR count). The molecule has 0 saturated carbocycles. The minimum Gasteiger partial charge on any atom is -0.496 e. The number of nitrogens with one attached hydrogen (secondary N) is 2. The standard InChI is InChI=1S/C28H29N3O4/c1-19(20-13-15-22(16-14-20)21-9-5-4-6-10-21)29-25(32)18-31-26(33)28(2,30-27(31)34)17-23-11-7-8-12-24(23)35-3/h4-16,19H,17-18H2,1-3H3,(H,29,32)(H,30,34)/t19-,28-/m1/s1. The maximum absolute atomic E-state index is 13.1. The fourth-order valence-electron chi connectivity index (χ4n) is 4.35. The molecular formula is C28H29N3O4. The number of hydrogen-bond acceptors (Lipinski definition) is 4. The number of amides is 4. The Balaban J connectivity index is 1.38. The molecule has 4 amide bonds. The average molecular weight is 472 g/mol. The first-order valence-corrected chi connectivity index (χ1v) is 11.5. The van der Waals surface area contributed by atoms with E-state index in [4.69, 9.17) is 4.74 Å². The van der Waals surface area contributed by atoms with Gasteiger partial charge in [-0.05, 0) is 42.2 Å². The minimum atomic E-state index is -1.16. The molecule has 0 bridgehead atoms. The van der Waals surface area contributed by atoms with Crippen molar-refractivity contribution < 1.29 is 19.1 Å². The average Bonchev–Trinajstić information content (AvgIpc) is 3.07. The normalized spacial score (nSPS) is 18.2. The van der Waals surface area contributed by atoms with Gasteiger partial charge in [0.15, 0.2) is 0 Å². The SMILES string of the molecule is COc1ccccc1C[C@@]1(C)NC(=O)N(CC(=O)N[C@H](C)c2ccc(-c3ccccc3)cc2)C1=O. The number of hydrogen-bond donors (Lipinski definition) is 2. The van der Waals surface area contributed by atoms with Crippen LogP contribution in [0.25, 0.3) is 11.1 Å². The number of nitrogens with zero attached hydrogens (tertiary/aromatic N) is 1. The molecule has 7 heteroatoms. The quantitative estimate of drug-likeness (QED) is 0.485. The van der Waals surface area contributed by atoms with Gasteiger partial charge in [-0.1, -0.05) is 72.8 Å². The molecule has 0 aromatic heterocycles. The number of methoxy groups -OCH3 is 1. The monoisotopic (exact) mass is 471 g/mol. The van der Waals surface area contributed by atoms with Gasteiger partial charge < -0.3 is 15.4 Å². The second-order valence-electron chi connectivity index (χ2n) is 8.92. The summed E-state index contributed by atoms with van der Waals surface area (Å²) >= 11 is 0. The van der Waals surface area contributed by atoms with Crippen LogP contribution in [0.5, 0.6) is 5.75 Å². The van der Waals surface area contributed by atoms with Gasteiger partial charge in [0.2, 0.25) is 5.91 Å². The molecule has 0 aliphatic carbocycles. The lowest BCUT2D eigenvalue weighted by atomic mass is 9.92. The predicted molar refractivity (Wildman–Crippen MR) is 134 cm³/mol. The van der Waals surface area contributed by atoms with Gasteiger partial charge in [0.05, 0.1) is 13.2 Å². The smallest absolute Gasteiger partial charge is 0.325 e. The molecule has 0 radical (unpaired) electrons. The molecule has 1 saturated heterocycles. The molecule has 1 aliphatic rings. The fourth-order valence-corrected chi connectivity index (χ4v) is 4.35. The van der Waals surface area contributed by atoms with E-state index in [0.717, 1.165) is 27.2 Å². The number of carbonyl (C=O) groups excluding carboxylic acids is 3. The van der Waals surface area contributed by atoms with Gasteiger partial charge in [-0.15, -0.1) is 0 Å². The Kier molecular flexibility index (Phi) is 6.87. The summed E-state index contributed by atoms with van der Waals surface area (Å²) in [6, 6.07) is 24.5. The predicted octanol–water partition coefficient (Wildman–Crippen LogP) is 4.09. The molecule has 0 unspecified atom stereocenters. The topological polar surface area (TPSA) is 87.7 Å². The summed E-state index contributed by atoms with van der Waals surface area (Å²) in [5.41, 5.74) is 2.76. The number of rotatable bonds is 8. The Morgan fingerprint density at radius 2 is 1.60 bits per heavy atom. The van der Waals surface area contributed by atoms with Crippen molar-refractivity contribution >= 4 is 17.8 Å². The van der Waals surface area contributed by atoms with Gasteiger partial charge in [-0.2, -0.15) is 0 Å². The third-order valence-electron chi connectivity index (χ3n) is 6.28. The van der Waals surface area contributed by atoms with Crippen molar-refractivity contribution in [3.63, 3.8) is 0 Å². The molecule has 1 heterocycles. The van der Waals surface area contributed by atoms with Gasteiger partial charge in [-0.25, -0.2) is 4.79 Å². The van der Waals surface area contributed by atoms with E-state index in [0.29, 0.717) is 5.75 Å². The summed E-state index contributed by atoms with van der Waals surface area (Å²) in [6.07, 6.45) is 0.254. The Labute approximate surface area is 205 Å². The van der Waals surface area contributed by atoms with Crippen LogP contribution < -0.4 is 15.4 Å². The van der Waals surface area contributed by atoms with E-state index in [1.54, 1.807) is 20.1 Å². The zero-order valence-corrected chi connectivity index (χ0v) is 20.1. The number of para-hydroxylation sites is 1. The maximum atomic E-state index is 13.1. The highest BCUT2D eigenvalue weighted by molar-refractivity contribution is 6.09. The minimum absolute atomic E-state index is 0.254. The lowest BCUT2D eigenvalue weighted by Crippen LogP contribution is -2.47. The molecule has 1 fully saturated rings. The summed E-state index contributed by atoms with van der Waals surface area (Å²) in [4.78, 5) is 39.4. The van der Waals surface area contributed by atoms with Crippen LogP contribution in [0.4, 0.5) is 4.79 Å². The van der Waals surface area contributed by atoms with Crippen LogP contribution in [0.3, 0.4) is 0 Å². The second kappa shape index (κ2) is 10.0. The highest BCUT2D eigenvalue weighted by Crippen LogP contribution is 2.27. The van der Waals surface area contributed by atoms with Crippen LogP contribution in [0.2, 0.25) is 0 Å². The molecule has 2 N–H and O–H groups in total. The van der Waals surface area contributed by atoms with E-state index < -0.39 is 23.4 Å². The second-order valence-corrected chi connectivity index (χ2v) is 8.92. The lowest BCUT2D eigenvalue weighted by Gasteiger charge is -2.23. The van der Waals surface area contributed by atoms with Crippen LogP contribution in [0, 0.1) is 0 Å². The van der Waals surface area contributed by atoms with Crippen molar-refractivity contribution in [2.24, 2.45) is 0 Å². The molecule has 3 aromatic rings. The Morgan fingerprint density at radius 1 is 0.971 bits per heavy atom. The van der Waals surface area contributed by atoms with Crippen LogP contribution in [-0.2, 0) is 16.0 Å². The van der Waals surface area contributed by atoms with Crippen molar-refractivity contribution in [1.82, 2.24) is 15.5 Å². The first-order chi connectivity index (χ1) is 16.8. The lowest BCUT2D eigenvalue weighted by molar-refractivity contribution is -0.134. The molecule has 3 aromatic carbocycles. The van der Waals surface area contributed by atoms with Gasteiger partial charge >= 0.3 is 6.03 Å². The third kappa shape index (κ3) is 5.19. The van der Waals surface area contributed by atoms with Gasteiger partial charge in [0.25, 0.3) is 5.91 Å². The Bertz CT molecular complexity index is 1230. The first-order valence-electron chi connectivity index (χ1n) is 11.5. The number of carbonyl (C=O) groups is 3. The van der Waals surface area contributed by atoms with Crippen molar-refractivity contribution in [1.29, 1.82) is 0 Å². The van der Waals surface area contributed by atoms with Crippen molar-refractivity contribution in [2.45, 2.75) is 31.8 Å². The Hall–Kier alpha value is -4.13. The molecule has 2 atom stereocenters. The van der Waals surface area contributed by atoms with Gasteiger partial charge in [0.1, 0.15) is 17.8 Å². The number of benzene rings is 3. The summed E-state index contributed by atoms with van der Waals surface area (Å²) in [7, 11) is 1.56. The first kappa shape index (κ1) is 24.0. The number of ether oxygens (including phenoxy) is 1. The number of imide groups is 1. The van der Waals surface area contributed by atoms with Crippen molar-refractivity contribution in [3.05, 3.63) is 90.0 Å². The van der Waals surface area contributed by atoms with E-state index in [2.05, 4.69) is 10.6 Å². The zero-order valence-electron chi connectivity index (χ0n) is 20.1. The highest BCUT2D eigenvalue weighted by atomic mass is 16.5. The molecule has 1 aliphatic heterocycles. The van der Waals surface area contributed by atoms with Crippen LogP contribution in [-0.4, -0.2) is 41.9 Å². The van der Waals surface area contributed by atoms with Crippen molar-refractivity contribution in [3.8, 4) is 16.9 Å². The summed E-state index contributed by atoms with van der Waals surface area (Å²) < 4.78 is 5.37. The highest BCUT2D eigenvalue weighted by Gasteiger charge is 2.48. The van der Waals surface area contributed by atoms with E-state index in [1.165, 1.54) is 0 Å². The summed E-state index contributed by atoms with van der Waals surface area (Å²) in [6.45, 7) is 3.18. The summed E-state index contributed by atoms with van der Waals surface area (Å²) in [5.74, 6) is -0.211. The zero-order chi connectivity index (χ0) is 25.0. The van der Waals surface area contributed by atoms with E-state index >= 15 is 0 Å². The van der Waals surface area contributed by atoms with Gasteiger partial charge in [-0.3, -0.25) is 14.5 Å². The molecule has 180 valence electrons. The third-order valence-corrected chi connectivity index (χ3v) is 6.28.